The fourth-order valence-electron chi connectivity index (χ4n) is 1.14. The van der Waals surface area contributed by atoms with Crippen molar-refractivity contribution in [3.8, 4) is 17.6 Å². The van der Waals surface area contributed by atoms with Gasteiger partial charge < -0.3 is 4.74 Å². The van der Waals surface area contributed by atoms with Crippen LogP contribution in [0.4, 0.5) is 17.6 Å². The number of hydrogen-bond donors (Lipinski definition) is 0. The van der Waals surface area contributed by atoms with Crippen molar-refractivity contribution in [1.82, 2.24) is 0 Å². The van der Waals surface area contributed by atoms with E-state index in [1.165, 1.54) is 12.1 Å². The standard InChI is InChI=1S/C12H9ClF4O2/c13-5-1-2-9-3-4-10(14)11(8-9)18-6-7-19-12(15,16)17/h3-4,8H,5-7H2. The quantitative estimate of drug-likeness (QED) is 0.367. The van der Waals surface area contributed by atoms with Crippen molar-refractivity contribution in [2.75, 3.05) is 19.1 Å². The molecule has 0 aliphatic heterocycles. The van der Waals surface area contributed by atoms with Crippen molar-refractivity contribution in [3.63, 3.8) is 0 Å². The summed E-state index contributed by atoms with van der Waals surface area (Å²) >= 11 is 5.37. The molecule has 104 valence electrons. The summed E-state index contributed by atoms with van der Waals surface area (Å²) in [5, 5.41) is 0. The molecule has 0 heterocycles. The third-order valence-corrected chi connectivity index (χ3v) is 1.97. The van der Waals surface area contributed by atoms with Gasteiger partial charge in [-0.1, -0.05) is 11.8 Å². The summed E-state index contributed by atoms with van der Waals surface area (Å²) in [6.07, 6.45) is -4.73. The van der Waals surface area contributed by atoms with Gasteiger partial charge in [0.15, 0.2) is 11.6 Å². The molecule has 0 saturated heterocycles. The maximum absolute atomic E-state index is 13.3. The lowest BCUT2D eigenvalue weighted by molar-refractivity contribution is -0.325. The summed E-state index contributed by atoms with van der Waals surface area (Å²) in [7, 11) is 0. The molecule has 7 heteroatoms. The van der Waals surface area contributed by atoms with Crippen molar-refractivity contribution in [3.05, 3.63) is 29.6 Å². The Morgan fingerprint density at radius 3 is 2.58 bits per heavy atom. The molecule has 2 nitrogen and oxygen atoms in total. The van der Waals surface area contributed by atoms with Crippen LogP contribution in [0, 0.1) is 17.7 Å². The first kappa shape index (κ1) is 15.6. The van der Waals surface area contributed by atoms with Gasteiger partial charge in [0.05, 0.1) is 12.5 Å². The molecule has 0 atom stereocenters. The Kier molecular flexibility index (Phi) is 5.93. The van der Waals surface area contributed by atoms with Crippen LogP contribution in [0.1, 0.15) is 5.56 Å². The van der Waals surface area contributed by atoms with Gasteiger partial charge in [-0.05, 0) is 18.2 Å². The third kappa shape index (κ3) is 6.32. The highest BCUT2D eigenvalue weighted by Crippen LogP contribution is 2.19. The molecule has 1 aromatic rings. The predicted octanol–water partition coefficient (Wildman–Crippen LogP) is 3.33. The first-order chi connectivity index (χ1) is 8.92. The van der Waals surface area contributed by atoms with Gasteiger partial charge in [-0.15, -0.1) is 24.8 Å². The first-order valence-corrected chi connectivity index (χ1v) is 5.63. The minimum absolute atomic E-state index is 0.118. The molecule has 0 spiro atoms. The van der Waals surface area contributed by atoms with E-state index in [4.69, 9.17) is 16.3 Å². The monoisotopic (exact) mass is 296 g/mol. The highest BCUT2D eigenvalue weighted by molar-refractivity contribution is 6.19. The fourth-order valence-corrected chi connectivity index (χ4v) is 1.20. The molecule has 19 heavy (non-hydrogen) atoms. The normalized spacial score (nSPS) is 10.8. The van der Waals surface area contributed by atoms with Gasteiger partial charge in [-0.25, -0.2) is 4.39 Å². The zero-order valence-corrected chi connectivity index (χ0v) is 10.3. The summed E-state index contributed by atoms with van der Waals surface area (Å²) < 4.78 is 56.7. The number of alkyl halides is 4. The Bertz CT molecular complexity index is 477. The lowest BCUT2D eigenvalue weighted by atomic mass is 10.2. The van der Waals surface area contributed by atoms with Crippen LogP contribution < -0.4 is 4.74 Å². The SMILES string of the molecule is Fc1ccc(C#CCCl)cc1OCCOC(F)(F)F. The molecular formula is C12H9ClF4O2. The topological polar surface area (TPSA) is 18.5 Å². The molecule has 1 aromatic carbocycles. The number of benzene rings is 1. The summed E-state index contributed by atoms with van der Waals surface area (Å²) in [6, 6.07) is 3.80. The van der Waals surface area contributed by atoms with E-state index in [9.17, 15) is 17.6 Å². The summed E-state index contributed by atoms with van der Waals surface area (Å²) in [6.45, 7) is -1.15. The summed E-state index contributed by atoms with van der Waals surface area (Å²) in [5.41, 5.74) is 0.453. The van der Waals surface area contributed by atoms with E-state index in [2.05, 4.69) is 16.6 Å². The number of hydrogen-bond acceptors (Lipinski definition) is 2. The van der Waals surface area contributed by atoms with Crippen LogP contribution in [0.2, 0.25) is 0 Å². The van der Waals surface area contributed by atoms with E-state index in [1.807, 2.05) is 0 Å². The fraction of sp³-hybridized carbons (Fsp3) is 0.333. The highest BCUT2D eigenvalue weighted by Gasteiger charge is 2.28. The molecule has 1 rings (SSSR count). The lowest BCUT2D eigenvalue weighted by Gasteiger charge is -2.09. The Hall–Kier alpha value is -1.45. The Balaban J connectivity index is 2.57. The second kappa shape index (κ2) is 7.22. The molecule has 0 aliphatic rings. The molecule has 0 aliphatic carbocycles. The molecular weight excluding hydrogens is 288 g/mol. The molecule has 0 fully saturated rings. The van der Waals surface area contributed by atoms with Gasteiger partial charge in [0.1, 0.15) is 6.61 Å². The van der Waals surface area contributed by atoms with Crippen molar-refractivity contribution in [2.24, 2.45) is 0 Å². The van der Waals surface area contributed by atoms with Crippen LogP contribution in [0.5, 0.6) is 5.75 Å². The van der Waals surface area contributed by atoms with Crippen LogP contribution in [-0.2, 0) is 4.74 Å². The third-order valence-electron chi connectivity index (χ3n) is 1.84. The average Bonchev–Trinajstić information content (AvgIpc) is 2.33. The van der Waals surface area contributed by atoms with E-state index in [0.29, 0.717) is 5.56 Å². The minimum atomic E-state index is -4.73. The molecule has 0 aromatic heterocycles. The van der Waals surface area contributed by atoms with Crippen LogP contribution in [0.3, 0.4) is 0 Å². The molecule has 0 amide bonds. The minimum Gasteiger partial charge on any atom is -0.488 e. The first-order valence-electron chi connectivity index (χ1n) is 5.10. The van der Waals surface area contributed by atoms with E-state index >= 15 is 0 Å². The van der Waals surface area contributed by atoms with Gasteiger partial charge >= 0.3 is 6.36 Å². The van der Waals surface area contributed by atoms with E-state index in [-0.39, 0.29) is 11.6 Å². The maximum Gasteiger partial charge on any atom is 0.522 e. The largest absolute Gasteiger partial charge is 0.522 e. The molecule has 0 radical (unpaired) electrons. The van der Waals surface area contributed by atoms with Gasteiger partial charge in [0.25, 0.3) is 0 Å². The Morgan fingerprint density at radius 1 is 1.21 bits per heavy atom. The van der Waals surface area contributed by atoms with Crippen LogP contribution in [0.15, 0.2) is 18.2 Å². The van der Waals surface area contributed by atoms with Gasteiger partial charge in [-0.2, -0.15) is 0 Å². The number of halogens is 5. The lowest BCUT2D eigenvalue weighted by Crippen LogP contribution is -2.18. The smallest absolute Gasteiger partial charge is 0.488 e. The van der Waals surface area contributed by atoms with Crippen molar-refractivity contribution >= 4 is 11.6 Å². The second-order valence-corrected chi connectivity index (χ2v) is 3.49. The second-order valence-electron chi connectivity index (χ2n) is 3.22. The Labute approximate surface area is 112 Å². The summed E-state index contributed by atoms with van der Waals surface area (Å²) in [5.74, 6) is 4.44. The maximum atomic E-state index is 13.3. The average molecular weight is 297 g/mol. The van der Waals surface area contributed by atoms with Gasteiger partial charge in [0.2, 0.25) is 0 Å². The number of rotatable bonds is 4. The van der Waals surface area contributed by atoms with E-state index in [1.54, 1.807) is 0 Å². The van der Waals surface area contributed by atoms with E-state index in [0.717, 1.165) is 6.07 Å². The van der Waals surface area contributed by atoms with Crippen molar-refractivity contribution in [1.29, 1.82) is 0 Å². The Morgan fingerprint density at radius 2 is 1.95 bits per heavy atom. The van der Waals surface area contributed by atoms with Gasteiger partial charge in [-0.3, -0.25) is 4.74 Å². The summed E-state index contributed by atoms with van der Waals surface area (Å²) in [4.78, 5) is 0. The predicted molar refractivity (Wildman–Crippen MR) is 61.5 cm³/mol. The number of ether oxygens (including phenoxy) is 2. The van der Waals surface area contributed by atoms with Crippen molar-refractivity contribution < 1.29 is 27.0 Å². The molecule has 0 saturated carbocycles. The molecule has 0 bridgehead atoms. The van der Waals surface area contributed by atoms with Gasteiger partial charge in [0, 0.05) is 5.56 Å². The molecule has 0 N–H and O–H groups in total. The zero-order valence-electron chi connectivity index (χ0n) is 9.56. The van der Waals surface area contributed by atoms with Crippen molar-refractivity contribution in [2.45, 2.75) is 6.36 Å². The highest BCUT2D eigenvalue weighted by atomic mass is 35.5. The zero-order chi connectivity index (χ0) is 14.3. The van der Waals surface area contributed by atoms with Crippen LogP contribution >= 0.6 is 11.6 Å². The van der Waals surface area contributed by atoms with Crippen LogP contribution in [0.25, 0.3) is 0 Å². The van der Waals surface area contributed by atoms with E-state index < -0.39 is 25.4 Å². The molecule has 0 unspecified atom stereocenters. The van der Waals surface area contributed by atoms with Crippen LogP contribution in [-0.4, -0.2) is 25.5 Å².